The van der Waals surface area contributed by atoms with Crippen LogP contribution in [0.1, 0.15) is 18.1 Å². The minimum absolute atomic E-state index is 0.00251. The van der Waals surface area contributed by atoms with E-state index >= 15 is 0 Å². The zero-order chi connectivity index (χ0) is 18.6. The Bertz CT molecular complexity index is 1020. The Labute approximate surface area is 160 Å². The van der Waals surface area contributed by atoms with Gasteiger partial charge < -0.3 is 9.64 Å². The summed E-state index contributed by atoms with van der Waals surface area (Å²) < 4.78 is 30.1. The Morgan fingerprint density at radius 2 is 1.96 bits per heavy atom. The number of ether oxygens (including phenoxy) is 1. The first-order valence-electron chi connectivity index (χ1n) is 8.18. The molecule has 0 radical (unpaired) electrons. The molecule has 0 spiro atoms. The molecule has 2 aliphatic heterocycles. The maximum absolute atomic E-state index is 13.1. The highest BCUT2D eigenvalue weighted by Gasteiger charge is 2.39. The van der Waals surface area contributed by atoms with Gasteiger partial charge in [0.25, 0.3) is 5.91 Å². The zero-order valence-electron chi connectivity index (χ0n) is 14.0. The summed E-state index contributed by atoms with van der Waals surface area (Å²) in [6.45, 7) is 1.94. The standard InChI is InChI=1S/C18H17BrN2O4S/c1-10-6-11-2-4-14(26(20,23)24)9-15(11)21(10)18(22)17-8-12-7-13(19)3-5-16(12)25-17/h2-5,7,9-10,17H,6,8H2,1H3,(H2,20,23,24). The van der Waals surface area contributed by atoms with Crippen molar-refractivity contribution in [1.82, 2.24) is 0 Å². The van der Waals surface area contributed by atoms with Crippen LogP contribution in [-0.4, -0.2) is 26.5 Å². The number of anilines is 1. The Kier molecular flexibility index (Phi) is 4.09. The molecule has 0 aliphatic carbocycles. The van der Waals surface area contributed by atoms with Crippen LogP contribution in [0.3, 0.4) is 0 Å². The summed E-state index contributed by atoms with van der Waals surface area (Å²) in [6, 6.07) is 10.3. The number of carbonyl (C=O) groups excluding carboxylic acids is 1. The van der Waals surface area contributed by atoms with Crippen molar-refractivity contribution >= 4 is 37.5 Å². The number of nitrogens with zero attached hydrogens (tertiary/aromatic N) is 1. The summed E-state index contributed by atoms with van der Waals surface area (Å²) in [7, 11) is -3.83. The highest BCUT2D eigenvalue weighted by atomic mass is 79.9. The van der Waals surface area contributed by atoms with Crippen molar-refractivity contribution in [3.63, 3.8) is 0 Å². The third-order valence-electron chi connectivity index (χ3n) is 4.81. The van der Waals surface area contributed by atoms with Gasteiger partial charge in [-0.25, -0.2) is 13.6 Å². The molecule has 1 amide bonds. The van der Waals surface area contributed by atoms with Crippen LogP contribution in [-0.2, 0) is 27.7 Å². The average molecular weight is 437 g/mol. The van der Waals surface area contributed by atoms with Crippen LogP contribution in [0.5, 0.6) is 5.75 Å². The van der Waals surface area contributed by atoms with E-state index in [1.54, 1.807) is 11.0 Å². The van der Waals surface area contributed by atoms with E-state index in [1.165, 1.54) is 12.1 Å². The van der Waals surface area contributed by atoms with Gasteiger partial charge in [-0.05, 0) is 54.8 Å². The number of rotatable bonds is 2. The van der Waals surface area contributed by atoms with E-state index < -0.39 is 16.1 Å². The summed E-state index contributed by atoms with van der Waals surface area (Å²) in [6.07, 6.45) is 0.531. The molecule has 0 saturated carbocycles. The van der Waals surface area contributed by atoms with Gasteiger partial charge in [0.2, 0.25) is 10.0 Å². The van der Waals surface area contributed by atoms with E-state index in [4.69, 9.17) is 9.88 Å². The second-order valence-electron chi connectivity index (χ2n) is 6.66. The largest absolute Gasteiger partial charge is 0.480 e. The number of sulfonamides is 1. The molecule has 6 nitrogen and oxygen atoms in total. The smallest absolute Gasteiger partial charge is 0.268 e. The molecule has 136 valence electrons. The van der Waals surface area contributed by atoms with Crippen molar-refractivity contribution in [2.45, 2.75) is 36.8 Å². The van der Waals surface area contributed by atoms with Crippen LogP contribution in [0.25, 0.3) is 0 Å². The second-order valence-corrected chi connectivity index (χ2v) is 9.14. The van der Waals surface area contributed by atoms with Gasteiger partial charge in [-0.2, -0.15) is 0 Å². The molecule has 0 saturated heterocycles. The first-order valence-corrected chi connectivity index (χ1v) is 10.5. The number of hydrogen-bond donors (Lipinski definition) is 1. The fourth-order valence-corrected chi connectivity index (χ4v) is 4.55. The molecule has 0 fully saturated rings. The van der Waals surface area contributed by atoms with Gasteiger partial charge in [-0.15, -0.1) is 0 Å². The summed E-state index contributed by atoms with van der Waals surface area (Å²) in [5, 5.41) is 5.24. The van der Waals surface area contributed by atoms with Gasteiger partial charge in [-0.3, -0.25) is 4.79 Å². The normalized spacial score (nSPS) is 21.3. The van der Waals surface area contributed by atoms with Gasteiger partial charge in [0.15, 0.2) is 6.10 Å². The predicted molar refractivity (Wildman–Crippen MR) is 101 cm³/mol. The summed E-state index contributed by atoms with van der Waals surface area (Å²) in [5.74, 6) is 0.534. The number of nitrogens with two attached hydrogens (primary N) is 1. The molecule has 4 rings (SSSR count). The van der Waals surface area contributed by atoms with Crippen molar-refractivity contribution in [2.24, 2.45) is 5.14 Å². The number of hydrogen-bond acceptors (Lipinski definition) is 4. The van der Waals surface area contributed by atoms with E-state index in [-0.39, 0.29) is 16.8 Å². The van der Waals surface area contributed by atoms with Crippen LogP contribution >= 0.6 is 15.9 Å². The molecule has 8 heteroatoms. The predicted octanol–water partition coefficient (Wildman–Crippen LogP) is 2.38. The molecular formula is C18H17BrN2O4S. The fourth-order valence-electron chi connectivity index (χ4n) is 3.61. The molecule has 2 N–H and O–H groups in total. The number of halogens is 1. The number of amides is 1. The highest BCUT2D eigenvalue weighted by molar-refractivity contribution is 9.10. The van der Waals surface area contributed by atoms with Gasteiger partial charge in [0.05, 0.1) is 4.90 Å². The van der Waals surface area contributed by atoms with E-state index in [0.717, 1.165) is 15.6 Å². The van der Waals surface area contributed by atoms with Crippen LogP contribution in [0.2, 0.25) is 0 Å². The third-order valence-corrected chi connectivity index (χ3v) is 6.22. The molecule has 2 aromatic rings. The number of fused-ring (bicyclic) bond motifs is 2. The molecule has 26 heavy (non-hydrogen) atoms. The van der Waals surface area contributed by atoms with E-state index in [0.29, 0.717) is 24.3 Å². The number of primary sulfonamides is 1. The maximum atomic E-state index is 13.1. The van der Waals surface area contributed by atoms with Crippen molar-refractivity contribution < 1.29 is 17.9 Å². The van der Waals surface area contributed by atoms with Crippen LogP contribution in [0, 0.1) is 0 Å². The van der Waals surface area contributed by atoms with Gasteiger partial charge in [-0.1, -0.05) is 22.0 Å². The van der Waals surface area contributed by atoms with Crippen molar-refractivity contribution in [1.29, 1.82) is 0 Å². The average Bonchev–Trinajstić information content (AvgIpc) is 3.12. The SMILES string of the molecule is CC1Cc2ccc(S(N)(=O)=O)cc2N1C(=O)C1Cc2cc(Br)ccc2O1. The first kappa shape index (κ1) is 17.5. The Hall–Kier alpha value is -1.90. The summed E-state index contributed by atoms with van der Waals surface area (Å²) in [5.41, 5.74) is 2.49. The molecular weight excluding hydrogens is 420 g/mol. The fraction of sp³-hybridized carbons (Fsp3) is 0.278. The molecule has 2 aromatic carbocycles. The number of carbonyl (C=O) groups is 1. The van der Waals surface area contributed by atoms with Crippen molar-refractivity contribution in [3.8, 4) is 5.75 Å². The van der Waals surface area contributed by atoms with Gasteiger partial charge in [0.1, 0.15) is 5.75 Å². The number of benzene rings is 2. The monoisotopic (exact) mass is 436 g/mol. The molecule has 2 atom stereocenters. The lowest BCUT2D eigenvalue weighted by Gasteiger charge is -2.25. The van der Waals surface area contributed by atoms with Gasteiger partial charge in [0, 0.05) is 22.6 Å². The second kappa shape index (κ2) is 6.07. The topological polar surface area (TPSA) is 89.7 Å². The first-order chi connectivity index (χ1) is 12.2. The quantitative estimate of drug-likeness (QED) is 0.782. The van der Waals surface area contributed by atoms with Crippen LogP contribution in [0.15, 0.2) is 45.8 Å². The molecule has 0 aromatic heterocycles. The minimum Gasteiger partial charge on any atom is -0.480 e. The lowest BCUT2D eigenvalue weighted by atomic mass is 10.1. The van der Waals surface area contributed by atoms with E-state index in [9.17, 15) is 13.2 Å². The summed E-state index contributed by atoms with van der Waals surface area (Å²) in [4.78, 5) is 14.8. The summed E-state index contributed by atoms with van der Waals surface area (Å²) >= 11 is 3.43. The van der Waals surface area contributed by atoms with Crippen molar-refractivity contribution in [2.75, 3.05) is 4.90 Å². The Balaban J connectivity index is 1.66. The Morgan fingerprint density at radius 1 is 1.19 bits per heavy atom. The van der Waals surface area contributed by atoms with E-state index in [2.05, 4.69) is 15.9 Å². The zero-order valence-corrected chi connectivity index (χ0v) is 16.4. The third kappa shape index (κ3) is 2.91. The minimum atomic E-state index is -3.83. The molecule has 2 unspecified atom stereocenters. The molecule has 0 bridgehead atoms. The highest BCUT2D eigenvalue weighted by Crippen LogP contribution is 2.37. The lowest BCUT2D eigenvalue weighted by molar-refractivity contribution is -0.124. The maximum Gasteiger partial charge on any atom is 0.268 e. The van der Waals surface area contributed by atoms with Crippen LogP contribution in [0.4, 0.5) is 5.69 Å². The van der Waals surface area contributed by atoms with Crippen molar-refractivity contribution in [3.05, 3.63) is 52.0 Å². The van der Waals surface area contributed by atoms with Crippen LogP contribution < -0.4 is 14.8 Å². The lowest BCUT2D eigenvalue weighted by Crippen LogP contribution is -2.44. The molecule has 2 aliphatic rings. The van der Waals surface area contributed by atoms with E-state index in [1.807, 2.05) is 25.1 Å². The Morgan fingerprint density at radius 3 is 2.69 bits per heavy atom. The molecule has 2 heterocycles. The van der Waals surface area contributed by atoms with Gasteiger partial charge >= 0.3 is 0 Å².